The van der Waals surface area contributed by atoms with Crippen LogP contribution >= 0.6 is 0 Å². The Kier molecular flexibility index (Phi) is 5.02. The predicted octanol–water partition coefficient (Wildman–Crippen LogP) is 4.94. The zero-order valence-corrected chi connectivity index (χ0v) is 13.6. The van der Waals surface area contributed by atoms with Crippen LogP contribution in [0.3, 0.4) is 0 Å². The summed E-state index contributed by atoms with van der Waals surface area (Å²) in [4.78, 5) is 16.2. The molecule has 1 heterocycles. The Labute approximate surface area is 148 Å². The van der Waals surface area contributed by atoms with Gasteiger partial charge in [0.1, 0.15) is 0 Å². The fourth-order valence-corrected chi connectivity index (χ4v) is 2.58. The Morgan fingerprint density at radius 2 is 1.54 bits per heavy atom. The fraction of sp³-hybridized carbons (Fsp3) is 0.100. The van der Waals surface area contributed by atoms with E-state index in [4.69, 9.17) is 0 Å². The molecule has 3 nitrogen and oxygen atoms in total. The van der Waals surface area contributed by atoms with E-state index in [1.165, 1.54) is 18.2 Å². The summed E-state index contributed by atoms with van der Waals surface area (Å²) in [6.07, 6.45) is -3.68. The molecular formula is C20H15F3N2O. The SMILES string of the molecule is O=C(c1ccccc1)c1c(NCc2ccccc2)ccnc1C(F)(F)F. The van der Waals surface area contributed by atoms with E-state index in [0.717, 1.165) is 11.8 Å². The highest BCUT2D eigenvalue weighted by atomic mass is 19.4. The van der Waals surface area contributed by atoms with Gasteiger partial charge in [0, 0.05) is 24.0 Å². The van der Waals surface area contributed by atoms with Crippen LogP contribution in [0.15, 0.2) is 72.9 Å². The van der Waals surface area contributed by atoms with Gasteiger partial charge in [-0.05, 0) is 11.6 Å². The molecule has 0 unspecified atom stereocenters. The Morgan fingerprint density at radius 1 is 0.923 bits per heavy atom. The van der Waals surface area contributed by atoms with E-state index >= 15 is 0 Å². The number of alkyl halides is 3. The molecule has 0 spiro atoms. The molecule has 0 aliphatic rings. The van der Waals surface area contributed by atoms with Gasteiger partial charge in [-0.25, -0.2) is 0 Å². The van der Waals surface area contributed by atoms with E-state index in [0.29, 0.717) is 0 Å². The molecule has 3 rings (SSSR count). The van der Waals surface area contributed by atoms with Gasteiger partial charge < -0.3 is 5.32 Å². The summed E-state index contributed by atoms with van der Waals surface area (Å²) >= 11 is 0. The highest BCUT2D eigenvalue weighted by Crippen LogP contribution is 2.34. The number of benzene rings is 2. The number of ketones is 1. The average Bonchev–Trinajstić information content (AvgIpc) is 2.66. The number of nitrogens with one attached hydrogen (secondary N) is 1. The van der Waals surface area contributed by atoms with Crippen LogP contribution in [0.4, 0.5) is 18.9 Å². The predicted molar refractivity (Wildman–Crippen MR) is 92.9 cm³/mol. The molecule has 132 valence electrons. The summed E-state index contributed by atoms with van der Waals surface area (Å²) in [7, 11) is 0. The molecule has 0 fully saturated rings. The first kappa shape index (κ1) is 17.7. The first-order valence-electron chi connectivity index (χ1n) is 7.90. The number of carbonyl (C=O) groups excluding carboxylic acids is 1. The molecule has 6 heteroatoms. The minimum atomic E-state index is -4.73. The first-order chi connectivity index (χ1) is 12.5. The minimum absolute atomic E-state index is 0.102. The number of hydrogen-bond acceptors (Lipinski definition) is 3. The first-order valence-corrected chi connectivity index (χ1v) is 7.90. The highest BCUT2D eigenvalue weighted by molar-refractivity contribution is 6.13. The Morgan fingerprint density at radius 3 is 2.15 bits per heavy atom. The maximum absolute atomic E-state index is 13.4. The smallest absolute Gasteiger partial charge is 0.380 e. The maximum atomic E-state index is 13.4. The molecule has 0 atom stereocenters. The standard InChI is InChI=1S/C20H15F3N2O/c21-20(22,23)19-17(18(26)15-9-5-2-6-10-15)16(11-12-24-19)25-13-14-7-3-1-4-8-14/h1-12H,13H2,(H,24,25). The third-order valence-electron chi connectivity index (χ3n) is 3.81. The van der Waals surface area contributed by atoms with Crippen molar-refractivity contribution in [3.05, 3.63) is 95.3 Å². The lowest BCUT2D eigenvalue weighted by atomic mass is 9.99. The topological polar surface area (TPSA) is 42.0 Å². The van der Waals surface area contributed by atoms with Gasteiger partial charge in [-0.1, -0.05) is 60.7 Å². The molecule has 0 bridgehead atoms. The number of hydrogen-bond donors (Lipinski definition) is 1. The summed E-state index contributed by atoms with van der Waals surface area (Å²) in [5, 5.41) is 2.93. The number of halogens is 3. The van der Waals surface area contributed by atoms with Crippen molar-refractivity contribution in [2.45, 2.75) is 12.7 Å². The summed E-state index contributed by atoms with van der Waals surface area (Å²) < 4.78 is 40.3. The number of pyridine rings is 1. The third kappa shape index (κ3) is 3.91. The largest absolute Gasteiger partial charge is 0.434 e. The summed E-state index contributed by atoms with van der Waals surface area (Å²) in [5.74, 6) is -0.721. The van der Waals surface area contributed by atoms with Crippen LogP contribution in [0, 0.1) is 0 Å². The Balaban J connectivity index is 2.02. The molecule has 2 aromatic carbocycles. The summed E-state index contributed by atoms with van der Waals surface area (Å²) in [5.41, 5.74) is -0.499. The van der Waals surface area contributed by atoms with Crippen LogP contribution in [0.25, 0.3) is 0 Å². The summed E-state index contributed by atoms with van der Waals surface area (Å²) in [6, 6.07) is 18.5. The number of anilines is 1. The van der Waals surface area contributed by atoms with Crippen LogP contribution in [0.5, 0.6) is 0 Å². The van der Waals surface area contributed by atoms with E-state index in [9.17, 15) is 18.0 Å². The van der Waals surface area contributed by atoms with Crippen molar-refractivity contribution >= 4 is 11.5 Å². The van der Waals surface area contributed by atoms with E-state index in [2.05, 4.69) is 10.3 Å². The molecule has 0 amide bonds. The van der Waals surface area contributed by atoms with Crippen LogP contribution in [-0.4, -0.2) is 10.8 Å². The number of rotatable bonds is 5. The monoisotopic (exact) mass is 356 g/mol. The minimum Gasteiger partial charge on any atom is -0.380 e. The zero-order chi connectivity index (χ0) is 18.6. The van der Waals surface area contributed by atoms with Gasteiger partial charge in [-0.3, -0.25) is 9.78 Å². The molecule has 0 saturated heterocycles. The fourth-order valence-electron chi connectivity index (χ4n) is 2.58. The Bertz CT molecular complexity index is 894. The van der Waals surface area contributed by atoms with E-state index < -0.39 is 23.2 Å². The molecule has 0 radical (unpaired) electrons. The number of carbonyl (C=O) groups is 1. The third-order valence-corrected chi connectivity index (χ3v) is 3.81. The van der Waals surface area contributed by atoms with Crippen molar-refractivity contribution < 1.29 is 18.0 Å². The molecule has 0 aliphatic carbocycles. The van der Waals surface area contributed by atoms with Crippen LogP contribution in [0.2, 0.25) is 0 Å². The van der Waals surface area contributed by atoms with Gasteiger partial charge >= 0.3 is 6.18 Å². The van der Waals surface area contributed by atoms with Crippen LogP contribution < -0.4 is 5.32 Å². The van der Waals surface area contributed by atoms with Crippen molar-refractivity contribution in [3.8, 4) is 0 Å². The molecule has 1 N–H and O–H groups in total. The van der Waals surface area contributed by atoms with Crippen molar-refractivity contribution in [3.63, 3.8) is 0 Å². The van der Waals surface area contributed by atoms with Crippen molar-refractivity contribution in [2.24, 2.45) is 0 Å². The van der Waals surface area contributed by atoms with Crippen LogP contribution in [-0.2, 0) is 12.7 Å². The van der Waals surface area contributed by atoms with Crippen molar-refractivity contribution in [2.75, 3.05) is 5.32 Å². The molecule has 1 aromatic heterocycles. The van der Waals surface area contributed by atoms with Gasteiger partial charge in [0.25, 0.3) is 0 Å². The van der Waals surface area contributed by atoms with Gasteiger partial charge in [-0.15, -0.1) is 0 Å². The second kappa shape index (κ2) is 7.39. The van der Waals surface area contributed by atoms with Gasteiger partial charge in [0.2, 0.25) is 0 Å². The van der Waals surface area contributed by atoms with E-state index in [1.807, 2.05) is 30.3 Å². The number of nitrogens with zero attached hydrogens (tertiary/aromatic N) is 1. The van der Waals surface area contributed by atoms with Gasteiger partial charge in [0.15, 0.2) is 11.5 Å². The van der Waals surface area contributed by atoms with E-state index in [1.54, 1.807) is 18.2 Å². The van der Waals surface area contributed by atoms with Gasteiger partial charge in [-0.2, -0.15) is 13.2 Å². The van der Waals surface area contributed by atoms with Crippen molar-refractivity contribution in [1.29, 1.82) is 0 Å². The second-order valence-corrected chi connectivity index (χ2v) is 5.61. The number of aromatic nitrogens is 1. The Hall–Kier alpha value is -3.15. The molecule has 0 aliphatic heterocycles. The normalized spacial score (nSPS) is 11.2. The quantitative estimate of drug-likeness (QED) is 0.658. The molecule has 26 heavy (non-hydrogen) atoms. The highest BCUT2D eigenvalue weighted by Gasteiger charge is 2.38. The van der Waals surface area contributed by atoms with Gasteiger partial charge in [0.05, 0.1) is 5.56 Å². The van der Waals surface area contributed by atoms with Crippen LogP contribution in [0.1, 0.15) is 27.2 Å². The average molecular weight is 356 g/mol. The lowest BCUT2D eigenvalue weighted by Crippen LogP contribution is -2.18. The van der Waals surface area contributed by atoms with E-state index in [-0.39, 0.29) is 17.8 Å². The molecular weight excluding hydrogens is 341 g/mol. The van der Waals surface area contributed by atoms with Crippen molar-refractivity contribution in [1.82, 2.24) is 4.98 Å². The summed E-state index contributed by atoms with van der Waals surface area (Å²) in [6.45, 7) is 0.289. The molecule has 0 saturated carbocycles. The lowest BCUT2D eigenvalue weighted by Gasteiger charge is -2.16. The zero-order valence-electron chi connectivity index (χ0n) is 13.6. The maximum Gasteiger partial charge on any atom is 0.434 e. The molecule has 3 aromatic rings. The second-order valence-electron chi connectivity index (χ2n) is 5.61. The lowest BCUT2D eigenvalue weighted by molar-refractivity contribution is -0.141.